The molecule has 0 aromatic carbocycles. The van der Waals surface area contributed by atoms with Crippen LogP contribution in [0.25, 0.3) is 0 Å². The van der Waals surface area contributed by atoms with Crippen LogP contribution in [0.2, 0.25) is 0 Å². The van der Waals surface area contributed by atoms with Crippen LogP contribution < -0.4 is 0 Å². The van der Waals surface area contributed by atoms with Crippen LogP contribution in [0.3, 0.4) is 0 Å². The van der Waals surface area contributed by atoms with Gasteiger partial charge >= 0.3 is 0 Å². The Hall–Kier alpha value is -1.26. The number of rotatable bonds is 0. The summed E-state index contributed by atoms with van der Waals surface area (Å²) in [5.41, 5.74) is -2.83. The van der Waals surface area contributed by atoms with E-state index in [4.69, 9.17) is 0 Å². The molecule has 6 atom stereocenters. The first-order valence-corrected chi connectivity index (χ1v) is 6.95. The summed E-state index contributed by atoms with van der Waals surface area (Å²) in [5, 5.41) is 21.3. The highest BCUT2D eigenvalue weighted by atomic mass is 16.3. The minimum atomic E-state index is -1.56. The zero-order valence-electron chi connectivity index (χ0n) is 12.2. The molecule has 0 radical (unpaired) electrons. The molecule has 0 spiro atoms. The van der Waals surface area contributed by atoms with E-state index in [1.54, 1.807) is 6.08 Å². The Morgan fingerprint density at radius 2 is 1.70 bits per heavy atom. The number of Topliss-reactive ketones (excluding diaryl/α,β-unsaturated/α-hetero) is 1. The average molecular weight is 276 g/mol. The molecule has 0 aliphatic heterocycles. The van der Waals surface area contributed by atoms with Crippen LogP contribution >= 0.6 is 0 Å². The Bertz CT molecular complexity index is 581. The molecule has 2 N–H and O–H groups in total. The lowest BCUT2D eigenvalue weighted by Crippen LogP contribution is -2.70. The van der Waals surface area contributed by atoms with Crippen LogP contribution in [0, 0.1) is 23.2 Å². The molecule has 0 unspecified atom stereocenters. The highest BCUT2D eigenvalue weighted by Crippen LogP contribution is 2.62. The van der Waals surface area contributed by atoms with Crippen molar-refractivity contribution in [2.75, 3.05) is 0 Å². The van der Waals surface area contributed by atoms with Crippen molar-refractivity contribution in [1.82, 2.24) is 0 Å². The van der Waals surface area contributed by atoms with Crippen LogP contribution in [-0.4, -0.2) is 33.0 Å². The Morgan fingerprint density at radius 3 is 2.30 bits per heavy atom. The molecule has 4 aliphatic rings. The first-order chi connectivity index (χ1) is 9.04. The summed E-state index contributed by atoms with van der Waals surface area (Å²) < 4.78 is 0. The molecule has 2 bridgehead atoms. The van der Waals surface area contributed by atoms with Crippen LogP contribution in [0.5, 0.6) is 0 Å². The predicted molar refractivity (Wildman–Crippen MR) is 72.7 cm³/mol. The maximum absolute atomic E-state index is 12.5. The maximum Gasteiger partial charge on any atom is 0.186 e. The van der Waals surface area contributed by atoms with E-state index in [0.29, 0.717) is 0 Å². The van der Waals surface area contributed by atoms with Crippen molar-refractivity contribution in [1.29, 1.82) is 0 Å². The van der Waals surface area contributed by atoms with E-state index in [0.717, 1.165) is 5.57 Å². The Morgan fingerprint density at radius 1 is 1.10 bits per heavy atom. The molecule has 4 rings (SSSR count). The number of hydrogen-bond acceptors (Lipinski definition) is 4. The Kier molecular flexibility index (Phi) is 2.39. The first kappa shape index (κ1) is 13.7. The highest BCUT2D eigenvalue weighted by molar-refractivity contribution is 6.01. The zero-order valence-corrected chi connectivity index (χ0v) is 12.2. The number of hydrogen-bond donors (Lipinski definition) is 2. The summed E-state index contributed by atoms with van der Waals surface area (Å²) in [7, 11) is 0. The molecule has 0 saturated heterocycles. The fraction of sp³-hybridized carbons (Fsp3) is 0.625. The van der Waals surface area contributed by atoms with E-state index in [1.165, 1.54) is 19.9 Å². The summed E-state index contributed by atoms with van der Waals surface area (Å²) in [4.78, 5) is 24.6. The average Bonchev–Trinajstić information content (AvgIpc) is 2.33. The second-order valence-corrected chi connectivity index (χ2v) is 7.07. The number of fused-ring (bicyclic) bond motifs is 1. The molecule has 4 aliphatic carbocycles. The molecule has 0 amide bonds. The van der Waals surface area contributed by atoms with E-state index in [1.807, 2.05) is 19.9 Å². The predicted octanol–water partition coefficient (Wildman–Crippen LogP) is 1.02. The topological polar surface area (TPSA) is 74.6 Å². The van der Waals surface area contributed by atoms with Gasteiger partial charge < -0.3 is 10.2 Å². The van der Waals surface area contributed by atoms with Crippen molar-refractivity contribution < 1.29 is 19.8 Å². The normalized spacial score (nSPS) is 53.9. The molecular weight excluding hydrogens is 256 g/mol. The fourth-order valence-electron chi connectivity index (χ4n) is 4.67. The summed E-state index contributed by atoms with van der Waals surface area (Å²) >= 11 is 0. The molecule has 0 aromatic rings. The lowest BCUT2D eigenvalue weighted by molar-refractivity contribution is -0.189. The summed E-state index contributed by atoms with van der Waals surface area (Å²) in [6.45, 7) is 6.75. The van der Waals surface area contributed by atoms with Gasteiger partial charge in [0.1, 0.15) is 11.2 Å². The minimum Gasteiger partial charge on any atom is -0.382 e. The third kappa shape index (κ3) is 1.29. The van der Waals surface area contributed by atoms with Crippen LogP contribution in [-0.2, 0) is 9.59 Å². The number of carbonyl (C=O) groups excluding carboxylic acids is 2. The lowest BCUT2D eigenvalue weighted by Gasteiger charge is -2.61. The summed E-state index contributed by atoms with van der Waals surface area (Å²) in [6.07, 6.45) is 5.01. The Balaban J connectivity index is 2.30. The highest BCUT2D eigenvalue weighted by Gasteiger charge is 2.68. The summed E-state index contributed by atoms with van der Waals surface area (Å²) in [5.74, 6) is -2.10. The first-order valence-electron chi connectivity index (χ1n) is 6.95. The molecule has 108 valence electrons. The molecular formula is C16H20O4. The molecule has 1 fully saturated rings. The van der Waals surface area contributed by atoms with E-state index in [2.05, 4.69) is 0 Å². The number of allylic oxidation sites excluding steroid dienone is 2. The second kappa shape index (κ2) is 3.49. The maximum atomic E-state index is 12.5. The van der Waals surface area contributed by atoms with Gasteiger partial charge in [-0.2, -0.15) is 0 Å². The van der Waals surface area contributed by atoms with E-state index < -0.39 is 34.4 Å². The van der Waals surface area contributed by atoms with Gasteiger partial charge in [0.15, 0.2) is 11.6 Å². The monoisotopic (exact) mass is 276 g/mol. The number of carbonyl (C=O) groups is 2. The third-order valence-corrected chi connectivity index (χ3v) is 5.68. The molecule has 20 heavy (non-hydrogen) atoms. The van der Waals surface area contributed by atoms with Gasteiger partial charge in [-0.1, -0.05) is 24.6 Å². The van der Waals surface area contributed by atoms with E-state index in [9.17, 15) is 19.8 Å². The fourth-order valence-corrected chi connectivity index (χ4v) is 4.67. The van der Waals surface area contributed by atoms with Crippen LogP contribution in [0.1, 0.15) is 27.7 Å². The number of aliphatic hydroxyl groups is 2. The van der Waals surface area contributed by atoms with Gasteiger partial charge in [0.05, 0.1) is 0 Å². The van der Waals surface area contributed by atoms with Crippen molar-refractivity contribution in [2.45, 2.75) is 38.9 Å². The van der Waals surface area contributed by atoms with Crippen molar-refractivity contribution >= 4 is 11.6 Å². The lowest BCUT2D eigenvalue weighted by atomic mass is 9.42. The molecule has 4 nitrogen and oxygen atoms in total. The van der Waals surface area contributed by atoms with Gasteiger partial charge in [-0.15, -0.1) is 0 Å². The van der Waals surface area contributed by atoms with Gasteiger partial charge in [0, 0.05) is 23.2 Å². The van der Waals surface area contributed by atoms with Gasteiger partial charge in [-0.3, -0.25) is 9.59 Å². The van der Waals surface area contributed by atoms with Crippen LogP contribution in [0.4, 0.5) is 0 Å². The molecule has 0 heterocycles. The Labute approximate surface area is 118 Å². The van der Waals surface area contributed by atoms with Gasteiger partial charge in [-0.05, 0) is 26.8 Å². The largest absolute Gasteiger partial charge is 0.382 e. The van der Waals surface area contributed by atoms with E-state index >= 15 is 0 Å². The second-order valence-electron chi connectivity index (χ2n) is 7.07. The quantitative estimate of drug-likeness (QED) is 0.648. The van der Waals surface area contributed by atoms with Crippen molar-refractivity contribution in [2.24, 2.45) is 23.2 Å². The van der Waals surface area contributed by atoms with Gasteiger partial charge in [0.2, 0.25) is 0 Å². The molecule has 1 saturated carbocycles. The van der Waals surface area contributed by atoms with Crippen molar-refractivity contribution in [3.8, 4) is 0 Å². The van der Waals surface area contributed by atoms with Crippen molar-refractivity contribution in [3.05, 3.63) is 23.8 Å². The SMILES string of the molecule is CC1=C[C@H]2C(=O)[C@@](C)(O)[C@@H]1[C@@H]1[C@]2(C)C=CC(=O)[C@@]1(C)O. The smallest absolute Gasteiger partial charge is 0.186 e. The third-order valence-electron chi connectivity index (χ3n) is 5.68. The zero-order chi connectivity index (χ0) is 15.1. The molecule has 0 aromatic heterocycles. The van der Waals surface area contributed by atoms with E-state index in [-0.39, 0.29) is 11.6 Å². The molecule has 4 heteroatoms. The standard InChI is InChI=1S/C16H20O4/c1-8-7-9-13(18)16(4,20)11(8)12-14(9,2)6-5-10(17)15(12,3)19/h5-7,9,11-12,19-20H,1-4H3/t9-,11-,12+,14+,15+,16-/m0/s1. The minimum absolute atomic E-state index is 0.221. The number of ketones is 2. The van der Waals surface area contributed by atoms with Gasteiger partial charge in [-0.25, -0.2) is 0 Å². The van der Waals surface area contributed by atoms with Crippen molar-refractivity contribution in [3.63, 3.8) is 0 Å². The van der Waals surface area contributed by atoms with Gasteiger partial charge in [0.25, 0.3) is 0 Å². The van der Waals surface area contributed by atoms with Crippen LogP contribution in [0.15, 0.2) is 23.8 Å². The summed E-state index contributed by atoms with van der Waals surface area (Å²) in [6, 6.07) is 0.